The number of carbonyl (C=O) groups is 2. The largest absolute Gasteiger partial charge is 1.00 e. The van der Waals surface area contributed by atoms with Crippen molar-refractivity contribution in [1.29, 1.82) is 0 Å². The monoisotopic (exact) mass is 355 g/mol. The molecule has 130 valence electrons. The summed E-state index contributed by atoms with van der Waals surface area (Å²) in [7, 11) is 0. The Labute approximate surface area is 169 Å². The number of aliphatic hydroxyl groups excluding tert-OH is 2. The molecule has 7 heteroatoms. The number of rotatable bonds is 4. The number of piperidine rings is 1. The third kappa shape index (κ3) is 4.44. The number of hydrogen-bond acceptors (Lipinski definition) is 5. The number of carboxylic acid groups (broad SMARTS) is 1. The first-order valence-electron chi connectivity index (χ1n) is 8.40. The number of benzene rings is 1. The molecular weight excluding hydrogens is 333 g/mol. The smallest absolute Gasteiger partial charge is 0.550 e. The minimum absolute atomic E-state index is 0. The van der Waals surface area contributed by atoms with E-state index in [0.717, 1.165) is 17.5 Å². The zero-order valence-corrected chi connectivity index (χ0v) is 16.4. The zero-order valence-electron chi connectivity index (χ0n) is 14.4. The Kier molecular flexibility index (Phi) is 7.05. The second kappa shape index (κ2) is 8.64. The summed E-state index contributed by atoms with van der Waals surface area (Å²) in [5.41, 5.74) is 2.13. The summed E-state index contributed by atoms with van der Waals surface area (Å²) in [6.07, 6.45) is -0.122. The molecule has 1 amide bonds. The molecule has 1 saturated heterocycles. The van der Waals surface area contributed by atoms with Crippen LogP contribution in [0, 0.1) is 5.92 Å². The Hall–Kier alpha value is -0.920. The van der Waals surface area contributed by atoms with Gasteiger partial charge in [0.1, 0.15) is 0 Å². The number of carbonyl (C=O) groups excluding carboxylic acids is 2. The number of carboxylic acids is 1. The van der Waals surface area contributed by atoms with E-state index in [9.17, 15) is 24.9 Å². The Morgan fingerprint density at radius 2 is 1.92 bits per heavy atom. The Bertz CT molecular complexity index is 638. The second-order valence-corrected chi connectivity index (χ2v) is 6.74. The number of hydrogen-bond donors (Lipinski definition) is 2. The van der Waals surface area contributed by atoms with Gasteiger partial charge in [0.25, 0.3) is 0 Å². The van der Waals surface area contributed by atoms with Gasteiger partial charge in [-0.15, -0.1) is 0 Å². The van der Waals surface area contributed by atoms with Crippen LogP contribution in [0.4, 0.5) is 0 Å². The fourth-order valence-electron chi connectivity index (χ4n) is 3.86. The molecule has 1 unspecified atom stereocenters. The van der Waals surface area contributed by atoms with Gasteiger partial charge in [0.15, 0.2) is 0 Å². The molecule has 1 heterocycles. The van der Waals surface area contributed by atoms with Crippen molar-refractivity contribution in [1.82, 2.24) is 4.90 Å². The molecule has 25 heavy (non-hydrogen) atoms. The van der Waals surface area contributed by atoms with Crippen LogP contribution in [0.25, 0.3) is 0 Å². The van der Waals surface area contributed by atoms with Crippen molar-refractivity contribution in [3.8, 4) is 0 Å². The number of aryl methyl sites for hydroxylation is 1. The number of aliphatic hydroxyl groups is 2. The van der Waals surface area contributed by atoms with Crippen LogP contribution in [0.3, 0.4) is 0 Å². The third-order valence-electron chi connectivity index (χ3n) is 5.26. The summed E-state index contributed by atoms with van der Waals surface area (Å²) < 4.78 is 0. The van der Waals surface area contributed by atoms with E-state index in [1.165, 1.54) is 4.90 Å². The predicted octanol–water partition coefficient (Wildman–Crippen LogP) is -3.57. The van der Waals surface area contributed by atoms with Crippen LogP contribution in [0.1, 0.15) is 36.3 Å². The van der Waals surface area contributed by atoms with Crippen molar-refractivity contribution in [3.05, 3.63) is 35.4 Å². The summed E-state index contributed by atoms with van der Waals surface area (Å²) in [5, 5.41) is 30.9. The summed E-state index contributed by atoms with van der Waals surface area (Å²) in [6.45, 7) is 0.374. The molecule has 3 rings (SSSR count). The number of β-amino-alcohol motifs (C(OH)–C–C–N with tert-alkyl or cyclic N) is 1. The van der Waals surface area contributed by atoms with Crippen molar-refractivity contribution in [2.24, 2.45) is 5.92 Å². The molecule has 1 aromatic carbocycles. The maximum Gasteiger partial charge on any atom is 1.00 e. The molecule has 6 nitrogen and oxygen atoms in total. The van der Waals surface area contributed by atoms with E-state index in [0.29, 0.717) is 19.4 Å². The minimum Gasteiger partial charge on any atom is -0.550 e. The standard InChI is InChI=1S/C18H23NO5.Na/c20-15-7-8-19(10-16(15)21)17(22)9-14(18(23)24)13-6-5-11-3-1-2-4-12(11)13;/h1-4,13-16,20-21H,5-10H2,(H,23,24);/q;+1/p-1/t13-,14?,15-,16+;/m1./s1. The van der Waals surface area contributed by atoms with Crippen LogP contribution in [0.2, 0.25) is 0 Å². The zero-order chi connectivity index (χ0) is 17.3. The van der Waals surface area contributed by atoms with Crippen molar-refractivity contribution in [2.45, 2.75) is 43.8 Å². The Balaban J connectivity index is 0.00000225. The van der Waals surface area contributed by atoms with Crippen LogP contribution in [0.5, 0.6) is 0 Å². The summed E-state index contributed by atoms with van der Waals surface area (Å²) in [6, 6.07) is 7.73. The minimum atomic E-state index is -1.21. The number of nitrogens with zero attached hydrogens (tertiary/aromatic N) is 1. The van der Waals surface area contributed by atoms with Gasteiger partial charge in [-0.2, -0.15) is 0 Å². The predicted molar refractivity (Wildman–Crippen MR) is 83.8 cm³/mol. The van der Waals surface area contributed by atoms with Gasteiger partial charge in [-0.1, -0.05) is 24.3 Å². The summed E-state index contributed by atoms with van der Waals surface area (Å²) in [5.74, 6) is -2.59. The van der Waals surface area contributed by atoms with Gasteiger partial charge < -0.3 is 25.0 Å². The Morgan fingerprint density at radius 1 is 1.20 bits per heavy atom. The molecule has 0 bridgehead atoms. The van der Waals surface area contributed by atoms with Crippen LogP contribution in [0.15, 0.2) is 24.3 Å². The van der Waals surface area contributed by atoms with Crippen LogP contribution in [-0.4, -0.2) is 52.3 Å². The van der Waals surface area contributed by atoms with Gasteiger partial charge in [0.2, 0.25) is 5.91 Å². The number of aliphatic carboxylic acids is 1. The first-order valence-corrected chi connectivity index (χ1v) is 8.40. The molecule has 1 fully saturated rings. The summed E-state index contributed by atoms with van der Waals surface area (Å²) in [4.78, 5) is 25.6. The average Bonchev–Trinajstić information content (AvgIpc) is 2.98. The quantitative estimate of drug-likeness (QED) is 0.544. The second-order valence-electron chi connectivity index (χ2n) is 6.74. The Morgan fingerprint density at radius 3 is 2.60 bits per heavy atom. The van der Waals surface area contributed by atoms with Crippen molar-refractivity contribution < 1.29 is 54.5 Å². The molecule has 0 saturated carbocycles. The van der Waals surface area contributed by atoms with Crippen LogP contribution in [-0.2, 0) is 16.0 Å². The molecular formula is C18H22NNaO5. The van der Waals surface area contributed by atoms with E-state index in [2.05, 4.69) is 0 Å². The molecule has 1 aromatic rings. The van der Waals surface area contributed by atoms with Crippen molar-refractivity contribution in [2.75, 3.05) is 13.1 Å². The fourth-order valence-corrected chi connectivity index (χ4v) is 3.86. The fraction of sp³-hybridized carbons (Fsp3) is 0.556. The SMILES string of the molecule is O=C([O-])C(CC(=O)N1CC[C@@H](O)[C@@H](O)C1)[C@@H]1CCc2ccccc21.[Na+]. The number of fused-ring (bicyclic) bond motifs is 1. The normalized spacial score (nSPS) is 26.5. The van der Waals surface area contributed by atoms with Gasteiger partial charge in [-0.05, 0) is 36.3 Å². The van der Waals surface area contributed by atoms with Crippen molar-refractivity contribution in [3.63, 3.8) is 0 Å². The van der Waals surface area contributed by atoms with Gasteiger partial charge in [0.05, 0.1) is 12.2 Å². The van der Waals surface area contributed by atoms with Crippen molar-refractivity contribution >= 4 is 11.9 Å². The topological polar surface area (TPSA) is 101 Å². The molecule has 4 atom stereocenters. The molecule has 2 N–H and O–H groups in total. The van der Waals surface area contributed by atoms with E-state index < -0.39 is 24.1 Å². The van der Waals surface area contributed by atoms with Crippen LogP contribution < -0.4 is 34.7 Å². The molecule has 0 spiro atoms. The summed E-state index contributed by atoms with van der Waals surface area (Å²) >= 11 is 0. The maximum absolute atomic E-state index is 12.5. The molecule has 2 aliphatic rings. The van der Waals surface area contributed by atoms with Gasteiger partial charge in [-0.3, -0.25) is 4.79 Å². The van der Waals surface area contributed by atoms with Gasteiger partial charge in [-0.25, -0.2) is 0 Å². The van der Waals surface area contributed by atoms with Gasteiger partial charge in [0, 0.05) is 31.4 Å². The van der Waals surface area contributed by atoms with E-state index >= 15 is 0 Å². The maximum atomic E-state index is 12.5. The molecule has 0 aromatic heterocycles. The molecule has 1 aliphatic heterocycles. The first-order chi connectivity index (χ1) is 11.5. The van der Waals surface area contributed by atoms with E-state index in [4.69, 9.17) is 0 Å². The number of likely N-dealkylation sites (tertiary alicyclic amines) is 1. The molecule has 1 aliphatic carbocycles. The van der Waals surface area contributed by atoms with Crippen LogP contribution >= 0.6 is 0 Å². The first kappa shape index (κ1) is 20.4. The van der Waals surface area contributed by atoms with Gasteiger partial charge >= 0.3 is 29.6 Å². The molecule has 0 radical (unpaired) electrons. The number of amides is 1. The van der Waals surface area contributed by atoms with E-state index in [1.807, 2.05) is 24.3 Å². The average molecular weight is 355 g/mol. The van der Waals surface area contributed by atoms with E-state index in [-0.39, 0.29) is 54.3 Å². The van der Waals surface area contributed by atoms with E-state index in [1.54, 1.807) is 0 Å². The third-order valence-corrected chi connectivity index (χ3v) is 5.26.